The SMILES string of the molecule is c1ccc(-c2ccccc2-c2ccc3c(c2)sc2cccc(-n4c5ccccc5c5cc(-n6c7ccccc7c7cc(-n8c9ccccc9c9ccccc98)ccc76)ccc54)c23)cc1. The highest BCUT2D eigenvalue weighted by Crippen LogP contribution is 2.44. The molecule has 0 N–H and O–H groups in total. The molecule has 4 aromatic heterocycles. The highest BCUT2D eigenvalue weighted by Gasteiger charge is 2.21. The van der Waals surface area contributed by atoms with E-state index in [1.807, 2.05) is 11.3 Å². The van der Waals surface area contributed by atoms with E-state index in [2.05, 4.69) is 238 Å². The molecule has 0 bridgehead atoms. The van der Waals surface area contributed by atoms with E-state index in [1.165, 1.54) is 114 Å². The lowest BCUT2D eigenvalue weighted by molar-refractivity contribution is 1.16. The van der Waals surface area contributed by atoms with Gasteiger partial charge in [0.2, 0.25) is 0 Å². The molecule has 0 aliphatic rings. The van der Waals surface area contributed by atoms with E-state index >= 15 is 0 Å². The predicted octanol–water partition coefficient (Wildman–Crippen LogP) is 16.7. The molecule has 0 atom stereocenters. The van der Waals surface area contributed by atoms with Gasteiger partial charge in [0.05, 0.1) is 38.8 Å². The van der Waals surface area contributed by atoms with E-state index in [4.69, 9.17) is 0 Å². The normalized spacial score (nSPS) is 12.1. The van der Waals surface area contributed by atoms with Crippen LogP contribution in [-0.2, 0) is 0 Å². The topological polar surface area (TPSA) is 14.8 Å². The van der Waals surface area contributed by atoms with Gasteiger partial charge in [0.1, 0.15) is 0 Å². The summed E-state index contributed by atoms with van der Waals surface area (Å²) in [6.07, 6.45) is 0. The first-order valence-electron chi connectivity index (χ1n) is 21.9. The Bertz CT molecular complexity index is 4140. The number of hydrogen-bond donors (Lipinski definition) is 0. The molecule has 3 nitrogen and oxygen atoms in total. The average molecular weight is 832 g/mol. The summed E-state index contributed by atoms with van der Waals surface area (Å²) >= 11 is 1.88. The van der Waals surface area contributed by atoms with Crippen molar-refractivity contribution in [3.63, 3.8) is 0 Å². The van der Waals surface area contributed by atoms with Gasteiger partial charge in [0, 0.05) is 63.9 Å². The Morgan fingerprint density at radius 3 is 1.33 bits per heavy atom. The number of hydrogen-bond acceptors (Lipinski definition) is 1. The van der Waals surface area contributed by atoms with Crippen LogP contribution in [0.25, 0.3) is 125 Å². The molecule has 14 rings (SSSR count). The predicted molar refractivity (Wildman–Crippen MR) is 273 cm³/mol. The minimum Gasteiger partial charge on any atom is -0.309 e. The summed E-state index contributed by atoms with van der Waals surface area (Å²) in [5.74, 6) is 0. The maximum absolute atomic E-state index is 2.49. The minimum absolute atomic E-state index is 1.15. The molecule has 14 aromatic rings. The quantitative estimate of drug-likeness (QED) is 0.164. The summed E-state index contributed by atoms with van der Waals surface area (Å²) in [5, 5.41) is 10.1. The van der Waals surface area contributed by atoms with Gasteiger partial charge in [-0.1, -0.05) is 146 Å². The molecule has 0 fully saturated rings. The molecule has 10 aromatic carbocycles. The van der Waals surface area contributed by atoms with Crippen molar-refractivity contribution in [1.29, 1.82) is 0 Å². The van der Waals surface area contributed by atoms with Gasteiger partial charge in [0.15, 0.2) is 0 Å². The molecular formula is C60H37N3S. The number of thiophene rings is 1. The highest BCUT2D eigenvalue weighted by molar-refractivity contribution is 7.26. The molecule has 0 aliphatic carbocycles. The Labute approximate surface area is 372 Å². The summed E-state index contributed by atoms with van der Waals surface area (Å²) < 4.78 is 9.93. The Hall–Kier alpha value is -8.18. The second-order valence-electron chi connectivity index (χ2n) is 16.9. The number of para-hydroxylation sites is 4. The fourth-order valence-electron chi connectivity index (χ4n) is 10.7. The van der Waals surface area contributed by atoms with Crippen LogP contribution in [0.15, 0.2) is 224 Å². The van der Waals surface area contributed by atoms with Gasteiger partial charge in [-0.15, -0.1) is 11.3 Å². The summed E-state index contributed by atoms with van der Waals surface area (Å²) in [5.41, 5.74) is 15.7. The molecule has 0 saturated heterocycles. The zero-order valence-electron chi connectivity index (χ0n) is 34.6. The van der Waals surface area contributed by atoms with Crippen LogP contribution in [0.4, 0.5) is 0 Å². The van der Waals surface area contributed by atoms with Gasteiger partial charge in [0.25, 0.3) is 0 Å². The van der Waals surface area contributed by atoms with Crippen LogP contribution in [0.3, 0.4) is 0 Å². The number of rotatable bonds is 5. The third-order valence-electron chi connectivity index (χ3n) is 13.4. The molecule has 4 heteroatoms. The molecule has 0 spiro atoms. The van der Waals surface area contributed by atoms with Gasteiger partial charge in [-0.2, -0.15) is 0 Å². The van der Waals surface area contributed by atoms with Gasteiger partial charge in [-0.05, 0) is 101 Å². The van der Waals surface area contributed by atoms with Crippen molar-refractivity contribution < 1.29 is 0 Å². The summed E-state index contributed by atoms with van der Waals surface area (Å²) in [6, 6.07) is 82.6. The lowest BCUT2D eigenvalue weighted by Gasteiger charge is -2.12. The van der Waals surface area contributed by atoms with Crippen LogP contribution in [0.1, 0.15) is 0 Å². The molecule has 0 unspecified atom stereocenters. The first-order chi connectivity index (χ1) is 31.8. The van der Waals surface area contributed by atoms with E-state index in [1.54, 1.807) is 0 Å². The monoisotopic (exact) mass is 831 g/mol. The molecule has 298 valence electrons. The first-order valence-corrected chi connectivity index (χ1v) is 22.7. The van der Waals surface area contributed by atoms with Crippen molar-refractivity contribution >= 4 is 96.9 Å². The minimum atomic E-state index is 1.15. The van der Waals surface area contributed by atoms with Gasteiger partial charge >= 0.3 is 0 Å². The number of benzene rings is 10. The van der Waals surface area contributed by atoms with E-state index in [-0.39, 0.29) is 0 Å². The highest BCUT2D eigenvalue weighted by atomic mass is 32.1. The maximum atomic E-state index is 2.49. The second kappa shape index (κ2) is 13.7. The van der Waals surface area contributed by atoms with Crippen molar-refractivity contribution in [3.8, 4) is 39.3 Å². The molecule has 0 aliphatic heterocycles. The van der Waals surface area contributed by atoms with E-state index in [0.717, 1.165) is 11.4 Å². The van der Waals surface area contributed by atoms with Crippen LogP contribution in [0, 0.1) is 0 Å². The fourth-order valence-corrected chi connectivity index (χ4v) is 11.9. The van der Waals surface area contributed by atoms with Crippen LogP contribution >= 0.6 is 11.3 Å². The lowest BCUT2D eigenvalue weighted by Crippen LogP contribution is -1.97. The van der Waals surface area contributed by atoms with E-state index in [9.17, 15) is 0 Å². The van der Waals surface area contributed by atoms with Gasteiger partial charge in [-0.3, -0.25) is 0 Å². The third-order valence-corrected chi connectivity index (χ3v) is 14.6. The van der Waals surface area contributed by atoms with Crippen molar-refractivity contribution in [2.75, 3.05) is 0 Å². The summed E-state index contributed by atoms with van der Waals surface area (Å²) in [7, 11) is 0. The second-order valence-corrected chi connectivity index (χ2v) is 17.9. The van der Waals surface area contributed by atoms with E-state index in [0.29, 0.717) is 0 Å². The zero-order valence-corrected chi connectivity index (χ0v) is 35.4. The van der Waals surface area contributed by atoms with Crippen LogP contribution in [-0.4, -0.2) is 13.7 Å². The van der Waals surface area contributed by atoms with Crippen LogP contribution in [0.2, 0.25) is 0 Å². The standard InChI is InChI=1S/C60H37N3S/c1-2-15-38(16-3-1)42-17-4-5-18-43(42)39-29-32-48-59(35-39)64-58-28-14-27-57(60(48)58)63-54-26-13-9-22-47(54)50-37-41(31-34-56(50)63)62-53-25-12-8-21-46(53)49-36-40(30-33-55(49)62)61-51-23-10-6-19-44(51)45-20-7-11-24-52(45)61/h1-37H. The Balaban J connectivity index is 0.941. The number of fused-ring (bicyclic) bond motifs is 12. The van der Waals surface area contributed by atoms with Gasteiger partial charge < -0.3 is 13.7 Å². The third kappa shape index (κ3) is 5.09. The zero-order chi connectivity index (χ0) is 41.9. The molecule has 0 amide bonds. The largest absolute Gasteiger partial charge is 0.309 e. The maximum Gasteiger partial charge on any atom is 0.0555 e. The van der Waals surface area contributed by atoms with Crippen molar-refractivity contribution in [1.82, 2.24) is 13.7 Å². The Morgan fingerprint density at radius 2 is 0.734 bits per heavy atom. The van der Waals surface area contributed by atoms with Crippen molar-refractivity contribution in [2.45, 2.75) is 0 Å². The molecular weight excluding hydrogens is 795 g/mol. The summed E-state index contributed by atoms with van der Waals surface area (Å²) in [4.78, 5) is 0. The Kier molecular flexibility index (Phi) is 7.56. The first kappa shape index (κ1) is 35.4. The molecule has 4 heterocycles. The Morgan fingerprint density at radius 1 is 0.266 bits per heavy atom. The summed E-state index contributed by atoms with van der Waals surface area (Å²) in [6.45, 7) is 0. The molecule has 0 radical (unpaired) electrons. The average Bonchev–Trinajstić information content (AvgIpc) is 4.10. The van der Waals surface area contributed by atoms with Crippen LogP contribution in [0.5, 0.6) is 0 Å². The fraction of sp³-hybridized carbons (Fsp3) is 0. The van der Waals surface area contributed by atoms with Gasteiger partial charge in [-0.25, -0.2) is 0 Å². The van der Waals surface area contributed by atoms with Crippen LogP contribution < -0.4 is 0 Å². The van der Waals surface area contributed by atoms with Crippen molar-refractivity contribution in [2.24, 2.45) is 0 Å². The lowest BCUT2D eigenvalue weighted by atomic mass is 9.94. The number of nitrogens with zero attached hydrogens (tertiary/aromatic N) is 3. The molecule has 64 heavy (non-hydrogen) atoms. The number of aromatic nitrogens is 3. The smallest absolute Gasteiger partial charge is 0.0555 e. The van der Waals surface area contributed by atoms with E-state index < -0.39 is 0 Å². The van der Waals surface area contributed by atoms with Crippen molar-refractivity contribution in [3.05, 3.63) is 224 Å². The molecule has 0 saturated carbocycles.